The predicted molar refractivity (Wildman–Crippen MR) is 127 cm³/mol. The van der Waals surface area contributed by atoms with Gasteiger partial charge in [0, 0.05) is 23.4 Å². The van der Waals surface area contributed by atoms with Crippen molar-refractivity contribution in [2.24, 2.45) is 5.73 Å². The lowest BCUT2D eigenvalue weighted by atomic mass is 10.0. The van der Waals surface area contributed by atoms with Crippen LogP contribution in [0.2, 0.25) is 0 Å². The fourth-order valence-electron chi connectivity index (χ4n) is 3.09. The highest BCUT2D eigenvalue weighted by Gasteiger charge is 2.18. The van der Waals surface area contributed by atoms with E-state index in [0.29, 0.717) is 17.0 Å². The van der Waals surface area contributed by atoms with Crippen molar-refractivity contribution in [2.75, 3.05) is 11.9 Å². The van der Waals surface area contributed by atoms with Crippen LogP contribution < -0.4 is 15.8 Å². The van der Waals surface area contributed by atoms with E-state index in [9.17, 15) is 9.50 Å². The van der Waals surface area contributed by atoms with Crippen LogP contribution in [0.15, 0.2) is 24.4 Å². The average molecular weight is 460 g/mol. The van der Waals surface area contributed by atoms with Gasteiger partial charge in [-0.1, -0.05) is 18.3 Å². The van der Waals surface area contributed by atoms with E-state index < -0.39 is 18.0 Å². The number of anilines is 1. The number of aliphatic hydroxyl groups is 1. The van der Waals surface area contributed by atoms with Crippen LogP contribution in [-0.2, 0) is 6.42 Å². The number of aryl methyl sites for hydroxylation is 2. The first-order chi connectivity index (χ1) is 15.2. The Hall–Kier alpha value is -2.62. The Labute approximate surface area is 191 Å². The van der Waals surface area contributed by atoms with Gasteiger partial charge < -0.3 is 20.9 Å². The van der Waals surface area contributed by atoms with E-state index in [-0.39, 0.29) is 18.4 Å². The molecule has 0 radical (unpaired) electrons. The number of rotatable bonds is 9. The van der Waals surface area contributed by atoms with Crippen LogP contribution in [0.1, 0.15) is 38.8 Å². The highest BCUT2D eigenvalue weighted by molar-refractivity contribution is 7.17. The lowest BCUT2D eigenvalue weighted by molar-refractivity contribution is 0.129. The summed E-state index contributed by atoms with van der Waals surface area (Å²) in [5, 5.41) is 22.8. The number of nitrogens with two attached hydrogens (primary N) is 1. The second-order valence-corrected chi connectivity index (χ2v) is 9.09. The Morgan fingerprint density at radius 1 is 1.19 bits per heavy atom. The normalized spacial score (nSPS) is 13.3. The van der Waals surface area contributed by atoms with E-state index in [1.807, 2.05) is 19.9 Å². The maximum Gasteiger partial charge on any atom is 0.165 e. The summed E-state index contributed by atoms with van der Waals surface area (Å²) < 4.78 is 20.3. The monoisotopic (exact) mass is 459 g/mol. The van der Waals surface area contributed by atoms with Crippen LogP contribution in [0.25, 0.3) is 21.1 Å². The van der Waals surface area contributed by atoms with Gasteiger partial charge in [0.2, 0.25) is 0 Å². The van der Waals surface area contributed by atoms with E-state index in [2.05, 4.69) is 34.3 Å². The molecule has 2 heterocycles. The average Bonchev–Trinajstić information content (AvgIpc) is 3.23. The molecule has 0 unspecified atom stereocenters. The van der Waals surface area contributed by atoms with Crippen molar-refractivity contribution in [1.29, 1.82) is 0 Å². The molecule has 7 nitrogen and oxygen atoms in total. The summed E-state index contributed by atoms with van der Waals surface area (Å²) in [5.74, 6) is 0.447. The van der Waals surface area contributed by atoms with Crippen LogP contribution in [0, 0.1) is 12.7 Å². The lowest BCUT2D eigenvalue weighted by Crippen LogP contribution is -2.38. The lowest BCUT2D eigenvalue weighted by Gasteiger charge is -2.17. The largest absolute Gasteiger partial charge is 0.489 e. The molecule has 0 bridgehead atoms. The second-order valence-electron chi connectivity index (χ2n) is 8.11. The zero-order valence-electron chi connectivity index (χ0n) is 19.0. The summed E-state index contributed by atoms with van der Waals surface area (Å²) in [7, 11) is 0. The number of hydrogen-bond donors (Lipinski definition) is 3. The number of aromatic nitrogens is 3. The van der Waals surface area contributed by atoms with E-state index >= 15 is 0 Å². The molecule has 0 aliphatic rings. The van der Waals surface area contributed by atoms with E-state index in [1.165, 1.54) is 17.4 Å². The van der Waals surface area contributed by atoms with Crippen molar-refractivity contribution < 1.29 is 14.2 Å². The van der Waals surface area contributed by atoms with Crippen molar-refractivity contribution in [3.8, 4) is 26.9 Å². The minimum Gasteiger partial charge on any atom is -0.489 e. The minimum atomic E-state index is -0.740. The molecule has 0 saturated carbocycles. The molecule has 0 saturated heterocycles. The van der Waals surface area contributed by atoms with Gasteiger partial charge in [0.15, 0.2) is 11.6 Å². The minimum absolute atomic E-state index is 0.0219. The predicted octanol–water partition coefficient (Wildman–Crippen LogP) is 4.18. The molecule has 0 spiro atoms. The van der Waals surface area contributed by atoms with Crippen molar-refractivity contribution >= 4 is 17.2 Å². The van der Waals surface area contributed by atoms with Crippen LogP contribution in [0.5, 0.6) is 5.75 Å². The number of halogens is 1. The Morgan fingerprint density at radius 3 is 2.53 bits per heavy atom. The number of hydrogen-bond acceptors (Lipinski definition) is 8. The van der Waals surface area contributed by atoms with E-state index in [0.717, 1.165) is 27.5 Å². The van der Waals surface area contributed by atoms with Crippen molar-refractivity contribution in [2.45, 2.75) is 59.2 Å². The SMILES string of the molecule is CCc1cc(OC[C@H](N)[C@@H](C)O)c(F)cc1-c1nnc(-c2cnc(NC(C)C)c(C)c2)s1. The number of ether oxygens (including phenoxy) is 1. The van der Waals surface area contributed by atoms with Gasteiger partial charge >= 0.3 is 0 Å². The smallest absolute Gasteiger partial charge is 0.165 e. The molecule has 3 rings (SSSR count). The zero-order valence-corrected chi connectivity index (χ0v) is 19.8. The highest BCUT2D eigenvalue weighted by Crippen LogP contribution is 2.35. The number of pyridine rings is 1. The third-order valence-electron chi connectivity index (χ3n) is 5.00. The molecule has 3 aromatic rings. The molecule has 0 aliphatic heterocycles. The van der Waals surface area contributed by atoms with Crippen LogP contribution in [-0.4, -0.2) is 45.1 Å². The third kappa shape index (κ3) is 5.59. The third-order valence-corrected chi connectivity index (χ3v) is 6.00. The Bertz CT molecular complexity index is 1070. The molecule has 0 fully saturated rings. The molecule has 0 amide bonds. The maximum atomic E-state index is 14.7. The molecule has 2 atom stereocenters. The van der Waals surface area contributed by atoms with Gasteiger partial charge in [-0.3, -0.25) is 0 Å². The van der Waals surface area contributed by atoms with Crippen molar-refractivity contribution in [3.63, 3.8) is 0 Å². The van der Waals surface area contributed by atoms with Gasteiger partial charge in [-0.25, -0.2) is 9.37 Å². The van der Waals surface area contributed by atoms with E-state index in [1.54, 1.807) is 19.2 Å². The Morgan fingerprint density at radius 2 is 1.91 bits per heavy atom. The zero-order chi connectivity index (χ0) is 23.4. The van der Waals surface area contributed by atoms with Crippen LogP contribution in [0.4, 0.5) is 10.2 Å². The van der Waals surface area contributed by atoms with Gasteiger partial charge in [-0.15, -0.1) is 10.2 Å². The molecular formula is C23H30FN5O2S. The molecular weight excluding hydrogens is 429 g/mol. The fraction of sp³-hybridized carbons (Fsp3) is 0.435. The summed E-state index contributed by atoms with van der Waals surface area (Å²) in [6.45, 7) is 9.70. The van der Waals surface area contributed by atoms with Gasteiger partial charge in [0.1, 0.15) is 22.4 Å². The van der Waals surface area contributed by atoms with Crippen LogP contribution in [0.3, 0.4) is 0 Å². The molecule has 32 heavy (non-hydrogen) atoms. The maximum absolute atomic E-state index is 14.7. The fourth-order valence-corrected chi connectivity index (χ4v) is 3.96. The summed E-state index contributed by atoms with van der Waals surface area (Å²) in [4.78, 5) is 4.51. The van der Waals surface area contributed by atoms with Gasteiger partial charge in [0.05, 0.1) is 12.1 Å². The highest BCUT2D eigenvalue weighted by atomic mass is 32.1. The van der Waals surface area contributed by atoms with Gasteiger partial charge in [-0.05, 0) is 63.4 Å². The molecule has 0 aliphatic carbocycles. The van der Waals surface area contributed by atoms with Gasteiger partial charge in [-0.2, -0.15) is 0 Å². The first kappa shape index (κ1) is 24.0. The summed E-state index contributed by atoms with van der Waals surface area (Å²) in [6, 6.07) is 4.80. The first-order valence-electron chi connectivity index (χ1n) is 10.7. The van der Waals surface area contributed by atoms with Crippen molar-refractivity contribution in [3.05, 3.63) is 41.3 Å². The molecule has 9 heteroatoms. The topological polar surface area (TPSA) is 106 Å². The van der Waals surface area contributed by atoms with Gasteiger partial charge in [0.25, 0.3) is 0 Å². The first-order valence-corrected chi connectivity index (χ1v) is 11.5. The quantitative estimate of drug-likeness (QED) is 0.441. The molecule has 1 aromatic carbocycles. The standard InChI is InChI=1S/C23H30FN5O2S/c1-6-15-8-20(31-11-19(25)14(5)30)18(24)9-17(15)23-29-28-22(32-23)16-7-13(4)21(26-10-16)27-12(2)3/h7-10,12,14,19,30H,6,11,25H2,1-5H3,(H,26,27)/t14-,19+/m1/s1. The molecule has 4 N–H and O–H groups in total. The number of benzene rings is 1. The molecule has 2 aromatic heterocycles. The van der Waals surface area contributed by atoms with Crippen molar-refractivity contribution in [1.82, 2.24) is 15.2 Å². The number of nitrogens with zero attached hydrogens (tertiary/aromatic N) is 3. The Balaban J connectivity index is 1.86. The van der Waals surface area contributed by atoms with E-state index in [4.69, 9.17) is 10.5 Å². The summed E-state index contributed by atoms with van der Waals surface area (Å²) in [5.41, 5.74) is 9.24. The number of nitrogens with one attached hydrogen (secondary N) is 1. The summed E-state index contributed by atoms with van der Waals surface area (Å²) >= 11 is 1.39. The summed E-state index contributed by atoms with van der Waals surface area (Å²) in [6.07, 6.45) is 1.70. The molecule has 172 valence electrons. The Kier molecular flexibility index (Phi) is 7.76. The second kappa shape index (κ2) is 10.3. The number of aliphatic hydroxyl groups excluding tert-OH is 1. The van der Waals surface area contributed by atoms with Crippen LogP contribution >= 0.6 is 11.3 Å².